The van der Waals surface area contributed by atoms with Crippen molar-refractivity contribution in [3.8, 4) is 17.5 Å². The summed E-state index contributed by atoms with van der Waals surface area (Å²) in [7, 11) is 0. The predicted octanol–water partition coefficient (Wildman–Crippen LogP) is 2.07. The van der Waals surface area contributed by atoms with E-state index in [0.717, 1.165) is 10.9 Å². The highest BCUT2D eigenvalue weighted by molar-refractivity contribution is 5.80. The maximum absolute atomic E-state index is 5.67. The van der Waals surface area contributed by atoms with Gasteiger partial charge in [-0.25, -0.2) is 4.98 Å². The fourth-order valence-corrected chi connectivity index (χ4v) is 1.87. The number of rotatable bonds is 3. The highest BCUT2D eigenvalue weighted by Gasteiger charge is 2.09. The number of nitrogens with two attached hydrogens (primary N) is 1. The van der Waals surface area contributed by atoms with Gasteiger partial charge in [0.25, 0.3) is 0 Å². The molecule has 0 bridgehead atoms. The molecule has 100 valence electrons. The molecule has 2 aromatic heterocycles. The number of aromatic nitrogens is 4. The fraction of sp³-hybridized carbons (Fsp3) is 0.143. The van der Waals surface area contributed by atoms with Crippen LogP contribution in [0.5, 0.6) is 6.01 Å². The summed E-state index contributed by atoms with van der Waals surface area (Å²) >= 11 is 0. The van der Waals surface area contributed by atoms with E-state index in [-0.39, 0.29) is 12.0 Å². The number of ether oxygens (including phenoxy) is 1. The van der Waals surface area contributed by atoms with E-state index in [1.165, 1.54) is 0 Å². The van der Waals surface area contributed by atoms with E-state index in [0.29, 0.717) is 18.1 Å². The summed E-state index contributed by atoms with van der Waals surface area (Å²) in [6, 6.07) is 11.9. The highest BCUT2D eigenvalue weighted by atomic mass is 16.5. The van der Waals surface area contributed by atoms with Crippen LogP contribution in [0, 0.1) is 0 Å². The fourth-order valence-electron chi connectivity index (χ4n) is 1.87. The number of benzene rings is 1. The van der Waals surface area contributed by atoms with Crippen molar-refractivity contribution >= 4 is 16.9 Å². The van der Waals surface area contributed by atoms with Gasteiger partial charge in [-0.3, -0.25) is 0 Å². The molecule has 0 fully saturated rings. The van der Waals surface area contributed by atoms with Crippen LogP contribution in [0.15, 0.2) is 36.4 Å². The maximum Gasteiger partial charge on any atom is 0.321 e. The average molecular weight is 267 g/mol. The van der Waals surface area contributed by atoms with Gasteiger partial charge < -0.3 is 10.5 Å². The van der Waals surface area contributed by atoms with E-state index in [2.05, 4.69) is 19.9 Å². The molecule has 3 rings (SSSR count). The van der Waals surface area contributed by atoms with Gasteiger partial charge in [0.05, 0.1) is 12.1 Å². The van der Waals surface area contributed by atoms with Crippen molar-refractivity contribution in [3.63, 3.8) is 0 Å². The largest absolute Gasteiger partial charge is 0.464 e. The summed E-state index contributed by atoms with van der Waals surface area (Å²) in [6.07, 6.45) is 0. The number of hydrogen-bond donors (Lipinski definition) is 1. The van der Waals surface area contributed by atoms with E-state index in [9.17, 15) is 0 Å². The first-order valence-electron chi connectivity index (χ1n) is 6.27. The standard InChI is InChI=1S/C14H13N5O/c1-2-20-14-18-12(17-13(15)19-14)11-8-7-9-5-3-4-6-10(9)16-11/h3-8H,2H2,1H3,(H2,15,17,18,19). The Labute approximate surface area is 115 Å². The van der Waals surface area contributed by atoms with Gasteiger partial charge in [-0.15, -0.1) is 0 Å². The van der Waals surface area contributed by atoms with Gasteiger partial charge in [-0.05, 0) is 19.1 Å². The Morgan fingerprint density at radius 2 is 1.85 bits per heavy atom. The number of pyridine rings is 1. The molecular weight excluding hydrogens is 254 g/mol. The second-order valence-electron chi connectivity index (χ2n) is 4.12. The first-order chi connectivity index (χ1) is 9.76. The Kier molecular flexibility index (Phi) is 3.12. The molecule has 0 unspecified atom stereocenters. The van der Waals surface area contributed by atoms with Crippen LogP contribution < -0.4 is 10.5 Å². The minimum Gasteiger partial charge on any atom is -0.464 e. The Morgan fingerprint density at radius 3 is 2.70 bits per heavy atom. The number of para-hydroxylation sites is 1. The van der Waals surface area contributed by atoms with Crippen molar-refractivity contribution in [2.24, 2.45) is 0 Å². The molecule has 0 amide bonds. The van der Waals surface area contributed by atoms with Crippen LogP contribution in [0.1, 0.15) is 6.92 Å². The second kappa shape index (κ2) is 5.08. The number of hydrogen-bond acceptors (Lipinski definition) is 6. The Bertz CT molecular complexity index is 759. The first-order valence-corrected chi connectivity index (χ1v) is 6.27. The van der Waals surface area contributed by atoms with E-state index < -0.39 is 0 Å². The lowest BCUT2D eigenvalue weighted by molar-refractivity contribution is 0.312. The lowest BCUT2D eigenvalue weighted by Gasteiger charge is -2.05. The minimum atomic E-state index is 0.119. The summed E-state index contributed by atoms with van der Waals surface area (Å²) < 4.78 is 5.27. The summed E-state index contributed by atoms with van der Waals surface area (Å²) in [4.78, 5) is 16.8. The van der Waals surface area contributed by atoms with E-state index >= 15 is 0 Å². The molecule has 0 spiro atoms. The van der Waals surface area contributed by atoms with Gasteiger partial charge in [0, 0.05) is 5.39 Å². The Balaban J connectivity index is 2.10. The topological polar surface area (TPSA) is 86.8 Å². The molecule has 2 N–H and O–H groups in total. The molecule has 20 heavy (non-hydrogen) atoms. The lowest BCUT2D eigenvalue weighted by atomic mass is 10.2. The minimum absolute atomic E-state index is 0.119. The third-order valence-electron chi connectivity index (χ3n) is 2.73. The van der Waals surface area contributed by atoms with Crippen molar-refractivity contribution in [1.29, 1.82) is 0 Å². The Morgan fingerprint density at radius 1 is 1.00 bits per heavy atom. The quantitative estimate of drug-likeness (QED) is 0.781. The zero-order valence-corrected chi connectivity index (χ0v) is 10.9. The molecule has 0 saturated carbocycles. The summed E-state index contributed by atoms with van der Waals surface area (Å²) in [5.41, 5.74) is 7.18. The Hall–Kier alpha value is -2.76. The van der Waals surface area contributed by atoms with Crippen molar-refractivity contribution < 1.29 is 4.74 Å². The van der Waals surface area contributed by atoms with Crippen LogP contribution >= 0.6 is 0 Å². The molecule has 0 atom stereocenters. The van der Waals surface area contributed by atoms with Crippen LogP contribution in [-0.4, -0.2) is 26.5 Å². The van der Waals surface area contributed by atoms with E-state index in [4.69, 9.17) is 10.5 Å². The van der Waals surface area contributed by atoms with Crippen LogP contribution in [0.3, 0.4) is 0 Å². The third-order valence-corrected chi connectivity index (χ3v) is 2.73. The maximum atomic E-state index is 5.67. The van der Waals surface area contributed by atoms with Crippen molar-refractivity contribution in [2.45, 2.75) is 6.92 Å². The molecule has 0 saturated heterocycles. The molecule has 0 aliphatic carbocycles. The molecule has 2 heterocycles. The summed E-state index contributed by atoms with van der Waals surface area (Å²) in [5.74, 6) is 0.528. The molecular formula is C14H13N5O. The van der Waals surface area contributed by atoms with Crippen LogP contribution in [-0.2, 0) is 0 Å². The molecule has 0 radical (unpaired) electrons. The van der Waals surface area contributed by atoms with Crippen molar-refractivity contribution in [3.05, 3.63) is 36.4 Å². The zero-order chi connectivity index (χ0) is 13.9. The second-order valence-corrected chi connectivity index (χ2v) is 4.12. The van der Waals surface area contributed by atoms with E-state index in [1.54, 1.807) is 0 Å². The number of nitrogens with zero attached hydrogens (tertiary/aromatic N) is 4. The van der Waals surface area contributed by atoms with E-state index in [1.807, 2.05) is 43.3 Å². The smallest absolute Gasteiger partial charge is 0.321 e. The van der Waals surface area contributed by atoms with Crippen LogP contribution in [0.4, 0.5) is 5.95 Å². The molecule has 0 aliphatic rings. The van der Waals surface area contributed by atoms with Gasteiger partial charge in [-0.1, -0.05) is 24.3 Å². The molecule has 3 aromatic rings. The molecule has 6 heteroatoms. The lowest BCUT2D eigenvalue weighted by Crippen LogP contribution is -2.05. The van der Waals surface area contributed by atoms with Gasteiger partial charge in [-0.2, -0.15) is 15.0 Å². The molecule has 0 aliphatic heterocycles. The zero-order valence-electron chi connectivity index (χ0n) is 10.9. The summed E-state index contributed by atoms with van der Waals surface area (Å²) in [6.45, 7) is 2.32. The van der Waals surface area contributed by atoms with Crippen LogP contribution in [0.2, 0.25) is 0 Å². The average Bonchev–Trinajstić information content (AvgIpc) is 2.46. The SMILES string of the molecule is CCOc1nc(N)nc(-c2ccc3ccccc3n2)n1. The third kappa shape index (κ3) is 2.35. The molecule has 6 nitrogen and oxygen atoms in total. The van der Waals surface area contributed by atoms with Crippen LogP contribution in [0.25, 0.3) is 22.4 Å². The first kappa shape index (κ1) is 12.3. The van der Waals surface area contributed by atoms with Gasteiger partial charge in [0.2, 0.25) is 5.95 Å². The van der Waals surface area contributed by atoms with Gasteiger partial charge >= 0.3 is 6.01 Å². The highest BCUT2D eigenvalue weighted by Crippen LogP contribution is 2.19. The number of fused-ring (bicyclic) bond motifs is 1. The van der Waals surface area contributed by atoms with Crippen molar-refractivity contribution in [2.75, 3.05) is 12.3 Å². The number of nitrogen functional groups attached to an aromatic ring is 1. The van der Waals surface area contributed by atoms with Gasteiger partial charge in [0.15, 0.2) is 5.82 Å². The predicted molar refractivity (Wildman–Crippen MR) is 76.1 cm³/mol. The normalized spacial score (nSPS) is 10.7. The van der Waals surface area contributed by atoms with Gasteiger partial charge in [0.1, 0.15) is 5.69 Å². The van der Waals surface area contributed by atoms with Crippen molar-refractivity contribution in [1.82, 2.24) is 19.9 Å². The monoisotopic (exact) mass is 267 g/mol. The molecule has 1 aromatic carbocycles. The summed E-state index contributed by atoms with van der Waals surface area (Å²) in [5, 5.41) is 1.06. The number of anilines is 1.